The summed E-state index contributed by atoms with van der Waals surface area (Å²) < 4.78 is 5.01. The number of nitrogens with one attached hydrogen (secondary N) is 1. The van der Waals surface area contributed by atoms with Crippen molar-refractivity contribution >= 4 is 22.9 Å². The Kier molecular flexibility index (Phi) is 4.12. The van der Waals surface area contributed by atoms with E-state index >= 15 is 0 Å². The van der Waals surface area contributed by atoms with Crippen molar-refractivity contribution in [2.45, 2.75) is 13.0 Å². The molecule has 1 aromatic heterocycles. The van der Waals surface area contributed by atoms with Gasteiger partial charge in [0.15, 0.2) is 0 Å². The molecule has 0 aliphatic heterocycles. The molecule has 94 valence electrons. The number of thiophene rings is 1. The van der Waals surface area contributed by atoms with Crippen LogP contribution in [0.1, 0.15) is 6.92 Å². The Morgan fingerprint density at radius 2 is 2.06 bits per heavy atom. The Hall–Kier alpha value is -1.65. The molecular weight excluding hydrogens is 246 g/mol. The number of benzene rings is 1. The minimum absolute atomic E-state index is 0.137. The van der Waals surface area contributed by atoms with Gasteiger partial charge >= 0.3 is 0 Å². The van der Waals surface area contributed by atoms with E-state index in [0.29, 0.717) is 0 Å². The van der Waals surface area contributed by atoms with Crippen LogP contribution in [0.25, 0.3) is 10.4 Å². The number of rotatable bonds is 4. The first-order valence-electron chi connectivity index (χ1n) is 5.69. The molecule has 2 rings (SSSR count). The molecule has 0 saturated heterocycles. The number of carbonyl (C=O) groups is 1. The smallest absolute Gasteiger partial charge is 0.253 e. The van der Waals surface area contributed by atoms with E-state index in [4.69, 9.17) is 4.74 Å². The molecule has 0 saturated carbocycles. The van der Waals surface area contributed by atoms with E-state index in [2.05, 4.69) is 5.32 Å². The fraction of sp³-hybridized carbons (Fsp3) is 0.214. The summed E-state index contributed by atoms with van der Waals surface area (Å²) in [6, 6.07) is 11.8. The number of para-hydroxylation sites is 1. The summed E-state index contributed by atoms with van der Waals surface area (Å²) in [6.45, 7) is 1.73. The summed E-state index contributed by atoms with van der Waals surface area (Å²) in [7, 11) is 1.52. The van der Waals surface area contributed by atoms with Crippen molar-refractivity contribution in [1.82, 2.24) is 0 Å². The molecule has 3 nitrogen and oxygen atoms in total. The largest absolute Gasteiger partial charge is 0.372 e. The van der Waals surface area contributed by atoms with Crippen LogP contribution >= 0.6 is 11.3 Å². The number of hydrogen-bond donors (Lipinski definition) is 1. The highest BCUT2D eigenvalue weighted by atomic mass is 32.1. The van der Waals surface area contributed by atoms with Crippen molar-refractivity contribution in [3.63, 3.8) is 0 Å². The molecule has 1 aromatic carbocycles. The van der Waals surface area contributed by atoms with E-state index in [-0.39, 0.29) is 5.91 Å². The highest BCUT2D eigenvalue weighted by molar-refractivity contribution is 7.13. The molecule has 4 heteroatoms. The summed E-state index contributed by atoms with van der Waals surface area (Å²) in [5.74, 6) is -0.137. The minimum Gasteiger partial charge on any atom is -0.372 e. The Balaban J connectivity index is 2.26. The van der Waals surface area contributed by atoms with Crippen molar-refractivity contribution in [2.24, 2.45) is 0 Å². The van der Waals surface area contributed by atoms with Crippen LogP contribution in [0, 0.1) is 0 Å². The van der Waals surface area contributed by atoms with Crippen LogP contribution in [0.2, 0.25) is 0 Å². The molecule has 0 fully saturated rings. The Morgan fingerprint density at radius 3 is 2.72 bits per heavy atom. The third-order valence-corrected chi connectivity index (χ3v) is 3.60. The standard InChI is InChI=1S/C14H15NO2S/c1-10(17-2)14(16)15-12-7-4-3-6-11(12)13-8-5-9-18-13/h3-10H,1-2H3,(H,15,16). The van der Waals surface area contributed by atoms with E-state index in [0.717, 1.165) is 16.1 Å². The average Bonchev–Trinajstić information content (AvgIpc) is 2.92. The van der Waals surface area contributed by atoms with Crippen LogP contribution in [-0.4, -0.2) is 19.1 Å². The Bertz CT molecular complexity index is 522. The van der Waals surface area contributed by atoms with Crippen molar-refractivity contribution in [3.05, 3.63) is 41.8 Å². The highest BCUT2D eigenvalue weighted by Crippen LogP contribution is 2.31. The van der Waals surface area contributed by atoms with Crippen LogP contribution in [-0.2, 0) is 9.53 Å². The summed E-state index contributed by atoms with van der Waals surface area (Å²) in [5.41, 5.74) is 1.85. The van der Waals surface area contributed by atoms with Gasteiger partial charge in [0, 0.05) is 23.2 Å². The lowest BCUT2D eigenvalue weighted by Crippen LogP contribution is -2.26. The van der Waals surface area contributed by atoms with Crippen LogP contribution in [0.3, 0.4) is 0 Å². The van der Waals surface area contributed by atoms with E-state index in [9.17, 15) is 4.79 Å². The maximum atomic E-state index is 11.8. The second-order valence-electron chi connectivity index (χ2n) is 3.89. The van der Waals surface area contributed by atoms with Gasteiger partial charge < -0.3 is 10.1 Å². The molecule has 0 aliphatic rings. The number of methoxy groups -OCH3 is 1. The fourth-order valence-corrected chi connectivity index (χ4v) is 2.35. The van der Waals surface area contributed by atoms with Crippen LogP contribution in [0.15, 0.2) is 41.8 Å². The zero-order chi connectivity index (χ0) is 13.0. The number of amides is 1. The van der Waals surface area contributed by atoms with Crippen LogP contribution in [0.5, 0.6) is 0 Å². The molecule has 0 bridgehead atoms. The van der Waals surface area contributed by atoms with Crippen molar-refractivity contribution < 1.29 is 9.53 Å². The predicted octanol–water partition coefficient (Wildman–Crippen LogP) is 3.39. The fourth-order valence-electron chi connectivity index (χ4n) is 1.58. The first-order chi connectivity index (χ1) is 8.72. The lowest BCUT2D eigenvalue weighted by atomic mass is 10.1. The molecule has 1 N–H and O–H groups in total. The van der Waals surface area contributed by atoms with E-state index in [1.54, 1.807) is 18.3 Å². The van der Waals surface area contributed by atoms with Crippen molar-refractivity contribution in [1.29, 1.82) is 0 Å². The SMILES string of the molecule is COC(C)C(=O)Nc1ccccc1-c1cccs1. The summed E-state index contributed by atoms with van der Waals surface area (Å²) in [6.07, 6.45) is -0.457. The minimum atomic E-state index is -0.457. The van der Waals surface area contributed by atoms with Gasteiger partial charge in [-0.25, -0.2) is 0 Å². The summed E-state index contributed by atoms with van der Waals surface area (Å²) in [5, 5.41) is 4.91. The number of carbonyl (C=O) groups excluding carboxylic acids is 1. The van der Waals surface area contributed by atoms with Gasteiger partial charge in [-0.2, -0.15) is 0 Å². The van der Waals surface area contributed by atoms with Crippen LogP contribution < -0.4 is 5.32 Å². The number of anilines is 1. The van der Waals surface area contributed by atoms with E-state index < -0.39 is 6.10 Å². The maximum Gasteiger partial charge on any atom is 0.253 e. The molecule has 1 amide bonds. The zero-order valence-electron chi connectivity index (χ0n) is 10.3. The molecular formula is C14H15NO2S. The third kappa shape index (κ3) is 2.78. The molecule has 1 unspecified atom stereocenters. The second kappa shape index (κ2) is 5.80. The van der Waals surface area contributed by atoms with Crippen LogP contribution in [0.4, 0.5) is 5.69 Å². The van der Waals surface area contributed by atoms with Gasteiger partial charge in [-0.3, -0.25) is 4.79 Å². The second-order valence-corrected chi connectivity index (χ2v) is 4.84. The lowest BCUT2D eigenvalue weighted by Gasteiger charge is -2.13. The predicted molar refractivity (Wildman–Crippen MR) is 74.9 cm³/mol. The van der Waals surface area contributed by atoms with E-state index in [1.165, 1.54) is 7.11 Å². The van der Waals surface area contributed by atoms with E-state index in [1.807, 2.05) is 41.8 Å². The van der Waals surface area contributed by atoms with Gasteiger partial charge in [0.05, 0.1) is 0 Å². The quantitative estimate of drug-likeness (QED) is 0.916. The highest BCUT2D eigenvalue weighted by Gasteiger charge is 2.14. The maximum absolute atomic E-state index is 11.8. The van der Waals surface area contributed by atoms with Gasteiger partial charge in [-0.05, 0) is 24.4 Å². The Labute approximate surface area is 110 Å². The monoisotopic (exact) mass is 261 g/mol. The molecule has 0 aliphatic carbocycles. The lowest BCUT2D eigenvalue weighted by molar-refractivity contribution is -0.124. The topological polar surface area (TPSA) is 38.3 Å². The third-order valence-electron chi connectivity index (χ3n) is 2.69. The first-order valence-corrected chi connectivity index (χ1v) is 6.57. The molecule has 18 heavy (non-hydrogen) atoms. The van der Waals surface area contributed by atoms with Crippen molar-refractivity contribution in [2.75, 3.05) is 12.4 Å². The first kappa shape index (κ1) is 12.8. The molecule has 1 atom stereocenters. The van der Waals surface area contributed by atoms with Gasteiger partial charge in [-0.15, -0.1) is 11.3 Å². The Morgan fingerprint density at radius 1 is 1.28 bits per heavy atom. The van der Waals surface area contributed by atoms with Gasteiger partial charge in [0.25, 0.3) is 5.91 Å². The molecule has 0 spiro atoms. The number of ether oxygens (including phenoxy) is 1. The summed E-state index contributed by atoms with van der Waals surface area (Å²) in [4.78, 5) is 13.0. The molecule has 2 aromatic rings. The van der Waals surface area contributed by atoms with Gasteiger partial charge in [-0.1, -0.05) is 24.3 Å². The molecule has 1 heterocycles. The van der Waals surface area contributed by atoms with Gasteiger partial charge in [0.2, 0.25) is 0 Å². The number of hydrogen-bond acceptors (Lipinski definition) is 3. The normalized spacial score (nSPS) is 12.1. The molecule has 0 radical (unpaired) electrons. The van der Waals surface area contributed by atoms with Crippen molar-refractivity contribution in [3.8, 4) is 10.4 Å². The average molecular weight is 261 g/mol. The zero-order valence-corrected chi connectivity index (χ0v) is 11.2. The summed E-state index contributed by atoms with van der Waals surface area (Å²) >= 11 is 1.65. The van der Waals surface area contributed by atoms with Gasteiger partial charge in [0.1, 0.15) is 6.10 Å².